The quantitative estimate of drug-likeness (QED) is 0.382. The first-order valence-electron chi connectivity index (χ1n) is 5.26. The fourth-order valence-electron chi connectivity index (χ4n) is 0.851. The van der Waals surface area contributed by atoms with Crippen LogP contribution in [0.2, 0.25) is 0 Å². The molecule has 0 rings (SSSR count). The molecule has 0 radical (unpaired) electrons. The summed E-state index contributed by atoms with van der Waals surface area (Å²) in [7, 11) is 0. The van der Waals surface area contributed by atoms with Crippen LogP contribution in [0.3, 0.4) is 0 Å². The average molecular weight is 236 g/mol. The summed E-state index contributed by atoms with van der Waals surface area (Å²) in [6.07, 6.45) is 12.9. The Labute approximate surface area is 109 Å². The van der Waals surface area contributed by atoms with Crippen LogP contribution in [0.5, 0.6) is 0 Å². The number of hydrogen-bond acceptors (Lipinski definition) is 2. The zero-order valence-corrected chi connectivity index (χ0v) is 10.3. The Morgan fingerprint density at radius 1 is 0.667 bits per heavy atom. The van der Waals surface area contributed by atoms with E-state index in [9.17, 15) is 0 Å². The summed E-state index contributed by atoms with van der Waals surface area (Å²) < 4.78 is 0. The first-order chi connectivity index (χ1) is 8.78. The van der Waals surface area contributed by atoms with E-state index in [0.717, 1.165) is 0 Å². The molecule has 0 spiro atoms. The molecule has 0 aromatic rings. The molecule has 18 heavy (non-hydrogen) atoms. The molecule has 0 aliphatic carbocycles. The normalized spacial score (nSPS) is 12.0. The van der Waals surface area contributed by atoms with E-state index in [1.807, 2.05) is 0 Å². The first kappa shape index (κ1) is 15.3. The molecule has 2 nitrogen and oxygen atoms in total. The summed E-state index contributed by atoms with van der Waals surface area (Å²) in [6.45, 7) is 14.3. The molecule has 0 aromatic carbocycles. The van der Waals surface area contributed by atoms with Crippen molar-refractivity contribution in [2.45, 2.75) is 0 Å². The zero-order chi connectivity index (χ0) is 13.6. The van der Waals surface area contributed by atoms with Gasteiger partial charge in [0, 0.05) is 12.4 Å². The predicted molar refractivity (Wildman–Crippen MR) is 81.7 cm³/mol. The van der Waals surface area contributed by atoms with Crippen LogP contribution in [0.25, 0.3) is 0 Å². The summed E-state index contributed by atoms with van der Waals surface area (Å²) in [6, 6.07) is 0. The smallest absolute Gasteiger partial charge is 0.113 e. The lowest BCUT2D eigenvalue weighted by molar-refractivity contribution is 1.44. The molecule has 0 saturated carbocycles. The van der Waals surface area contributed by atoms with E-state index >= 15 is 0 Å². The van der Waals surface area contributed by atoms with Crippen molar-refractivity contribution in [3.05, 3.63) is 74.2 Å². The second kappa shape index (κ2) is 10.8. The van der Waals surface area contributed by atoms with Crippen molar-refractivity contribution >= 4 is 12.4 Å². The van der Waals surface area contributed by atoms with Crippen molar-refractivity contribution in [3.8, 4) is 11.8 Å². The van der Waals surface area contributed by atoms with Gasteiger partial charge >= 0.3 is 0 Å². The van der Waals surface area contributed by atoms with E-state index in [0.29, 0.717) is 11.4 Å². The van der Waals surface area contributed by atoms with Crippen molar-refractivity contribution in [2.24, 2.45) is 9.98 Å². The number of allylic oxidation sites excluding steroid dienone is 8. The van der Waals surface area contributed by atoms with Crippen LogP contribution >= 0.6 is 0 Å². The summed E-state index contributed by atoms with van der Waals surface area (Å²) in [5, 5.41) is 0. The van der Waals surface area contributed by atoms with E-state index in [1.165, 1.54) is 0 Å². The third-order valence-corrected chi connectivity index (χ3v) is 1.51. The van der Waals surface area contributed by atoms with Gasteiger partial charge in [-0.25, -0.2) is 9.98 Å². The van der Waals surface area contributed by atoms with Crippen LogP contribution in [-0.4, -0.2) is 12.4 Å². The Morgan fingerprint density at radius 2 is 1.06 bits per heavy atom. The lowest BCUT2D eigenvalue weighted by atomic mass is 10.3. The molecular weight excluding hydrogens is 220 g/mol. The number of nitrogens with zero attached hydrogens (tertiary/aromatic N) is 2. The number of rotatable bonds is 6. The van der Waals surface area contributed by atoms with E-state index in [2.05, 4.69) is 48.1 Å². The van der Waals surface area contributed by atoms with Crippen LogP contribution in [0, 0.1) is 11.8 Å². The molecule has 0 aromatic heterocycles. The topological polar surface area (TPSA) is 24.7 Å². The monoisotopic (exact) mass is 236 g/mol. The summed E-state index contributed by atoms with van der Waals surface area (Å²) in [5.41, 5.74) is 1.15. The van der Waals surface area contributed by atoms with E-state index < -0.39 is 0 Å². The van der Waals surface area contributed by atoms with Gasteiger partial charge in [-0.05, 0) is 24.0 Å². The van der Waals surface area contributed by atoms with Gasteiger partial charge < -0.3 is 0 Å². The lowest BCUT2D eigenvalue weighted by Crippen LogP contribution is -1.77. The summed E-state index contributed by atoms with van der Waals surface area (Å²) in [5.74, 6) is 5.76. The Hall–Kier alpha value is -2.66. The van der Waals surface area contributed by atoms with E-state index in [4.69, 9.17) is 0 Å². The van der Waals surface area contributed by atoms with Gasteiger partial charge in [0.25, 0.3) is 0 Å². The maximum atomic E-state index is 4.09. The minimum atomic E-state index is 0.577. The van der Waals surface area contributed by atoms with E-state index in [-0.39, 0.29) is 0 Å². The van der Waals surface area contributed by atoms with Crippen LogP contribution in [0.15, 0.2) is 84.2 Å². The lowest BCUT2D eigenvalue weighted by Gasteiger charge is -1.89. The Morgan fingerprint density at radius 3 is 1.33 bits per heavy atom. The molecule has 0 aliphatic heterocycles. The van der Waals surface area contributed by atoms with Crippen molar-refractivity contribution in [2.75, 3.05) is 0 Å². The van der Waals surface area contributed by atoms with Gasteiger partial charge in [0.15, 0.2) is 0 Å². The predicted octanol–water partition coefficient (Wildman–Crippen LogP) is 3.64. The Balaban J connectivity index is 5.17. The highest BCUT2D eigenvalue weighted by Gasteiger charge is 1.86. The molecular formula is C16H16N2. The molecule has 0 fully saturated rings. The maximum absolute atomic E-state index is 4.09. The van der Waals surface area contributed by atoms with Crippen LogP contribution in [0.1, 0.15) is 0 Å². The number of aliphatic imine (C=N–C) groups is 2. The molecule has 0 bridgehead atoms. The highest BCUT2D eigenvalue weighted by atomic mass is 14.7. The highest BCUT2D eigenvalue weighted by Crippen LogP contribution is 1.98. The van der Waals surface area contributed by atoms with E-state index in [1.54, 1.807) is 48.9 Å². The van der Waals surface area contributed by atoms with Gasteiger partial charge in [-0.1, -0.05) is 50.6 Å². The van der Waals surface area contributed by atoms with Crippen molar-refractivity contribution in [3.63, 3.8) is 0 Å². The fraction of sp³-hybridized carbons (Fsp3) is 0. The molecule has 0 amide bonds. The molecule has 0 atom stereocenters. The van der Waals surface area contributed by atoms with Gasteiger partial charge in [0.1, 0.15) is 11.4 Å². The molecule has 90 valence electrons. The first-order valence-corrected chi connectivity index (χ1v) is 5.26. The second-order valence-electron chi connectivity index (χ2n) is 2.85. The zero-order valence-electron chi connectivity index (χ0n) is 10.3. The van der Waals surface area contributed by atoms with Gasteiger partial charge in [0.2, 0.25) is 0 Å². The van der Waals surface area contributed by atoms with Crippen molar-refractivity contribution in [1.29, 1.82) is 0 Å². The van der Waals surface area contributed by atoms with Gasteiger partial charge in [0.05, 0.1) is 0 Å². The maximum Gasteiger partial charge on any atom is 0.113 e. The molecule has 0 saturated heterocycles. The minimum Gasteiger partial charge on any atom is -0.248 e. The molecule has 0 unspecified atom stereocenters. The van der Waals surface area contributed by atoms with Gasteiger partial charge in [-0.2, -0.15) is 0 Å². The fourth-order valence-corrected chi connectivity index (χ4v) is 0.851. The molecule has 0 aliphatic rings. The third-order valence-electron chi connectivity index (χ3n) is 1.51. The highest BCUT2D eigenvalue weighted by molar-refractivity contribution is 5.73. The second-order valence-corrected chi connectivity index (χ2v) is 2.85. The summed E-state index contributed by atoms with van der Waals surface area (Å²) in [4.78, 5) is 8.18. The Kier molecular flexibility index (Phi) is 9.24. The number of hydrogen-bond donors (Lipinski definition) is 0. The third kappa shape index (κ3) is 7.61. The van der Waals surface area contributed by atoms with Gasteiger partial charge in [-0.15, -0.1) is 0 Å². The van der Waals surface area contributed by atoms with Crippen LogP contribution in [0.4, 0.5) is 0 Å². The Bertz CT molecular complexity index is 445. The van der Waals surface area contributed by atoms with Crippen molar-refractivity contribution in [1.82, 2.24) is 0 Å². The SMILES string of the molecule is C=CC=N/C(C#C/C(=C/C=C)N=CC=C)=C\C=C. The van der Waals surface area contributed by atoms with Crippen LogP contribution < -0.4 is 0 Å². The van der Waals surface area contributed by atoms with Crippen LogP contribution in [-0.2, 0) is 0 Å². The largest absolute Gasteiger partial charge is 0.248 e. The average Bonchev–Trinajstić information content (AvgIpc) is 2.38. The standard InChI is InChI=1S/C16H16N2/c1-5-9-15(17-13-7-3)11-12-16(10-6-2)18-14-8-4/h5-10,13-14H,1-4H2/b15-9-,16-10-,17-13?,18-14?. The minimum absolute atomic E-state index is 0.577. The van der Waals surface area contributed by atoms with Crippen molar-refractivity contribution < 1.29 is 0 Å². The summed E-state index contributed by atoms with van der Waals surface area (Å²) >= 11 is 0. The molecule has 0 heterocycles. The molecule has 0 N–H and O–H groups in total. The molecule has 2 heteroatoms. The van der Waals surface area contributed by atoms with Gasteiger partial charge in [-0.3, -0.25) is 0 Å².